The SMILES string of the molecule is N=C(N)CCCCCCCCC(=N)N.O=S(=O)([O-])[O-]. The van der Waals surface area contributed by atoms with E-state index in [9.17, 15) is 0 Å². The second-order valence-electron chi connectivity index (χ2n) is 4.08. The largest absolute Gasteiger partial charge is 0.759 e. The van der Waals surface area contributed by atoms with Crippen molar-refractivity contribution >= 4 is 22.1 Å². The van der Waals surface area contributed by atoms with Crippen LogP contribution in [0, 0.1) is 10.8 Å². The van der Waals surface area contributed by atoms with Gasteiger partial charge >= 0.3 is 0 Å². The number of amidine groups is 2. The van der Waals surface area contributed by atoms with E-state index in [1.807, 2.05) is 0 Å². The van der Waals surface area contributed by atoms with Crippen molar-refractivity contribution in [3.8, 4) is 0 Å². The monoisotopic (exact) mass is 294 g/mol. The van der Waals surface area contributed by atoms with Gasteiger partial charge in [0.15, 0.2) is 0 Å². The lowest BCUT2D eigenvalue weighted by atomic mass is 10.1. The average Bonchev–Trinajstić information content (AvgIpc) is 2.18. The molecule has 0 spiro atoms. The highest BCUT2D eigenvalue weighted by molar-refractivity contribution is 7.79. The van der Waals surface area contributed by atoms with Gasteiger partial charge in [-0.2, -0.15) is 0 Å². The van der Waals surface area contributed by atoms with E-state index in [1.54, 1.807) is 0 Å². The predicted octanol–water partition coefficient (Wildman–Crippen LogP) is 0.641. The minimum absolute atomic E-state index is 0.293. The molecule has 0 rings (SSSR count). The van der Waals surface area contributed by atoms with Crippen LogP contribution in [0.5, 0.6) is 0 Å². The first-order valence-corrected chi connectivity index (χ1v) is 7.28. The van der Waals surface area contributed by atoms with Crippen LogP contribution in [0.15, 0.2) is 0 Å². The van der Waals surface area contributed by atoms with Gasteiger partial charge in [0.2, 0.25) is 0 Å². The minimum atomic E-state index is -5.17. The molecule has 0 aromatic rings. The summed E-state index contributed by atoms with van der Waals surface area (Å²) in [4.78, 5) is 0. The molecule has 0 unspecified atom stereocenters. The Bertz CT molecular complexity index is 329. The molecular formula is C10H22N4O4S-2. The molecule has 0 radical (unpaired) electrons. The standard InChI is InChI=1S/C10H22N4.H2O4S/c11-9(12)7-5-3-1-2-4-6-8-10(13)14;1-5(2,3)4/h1-8H2,(H3,11,12)(H3,13,14);(H2,1,2,3,4)/p-2. The van der Waals surface area contributed by atoms with Gasteiger partial charge in [0.1, 0.15) is 0 Å². The summed E-state index contributed by atoms with van der Waals surface area (Å²) in [5.74, 6) is 0.586. The van der Waals surface area contributed by atoms with Gasteiger partial charge in [0, 0.05) is 23.2 Å². The lowest BCUT2D eigenvalue weighted by Gasteiger charge is -2.06. The van der Waals surface area contributed by atoms with Crippen LogP contribution in [0.3, 0.4) is 0 Å². The highest BCUT2D eigenvalue weighted by atomic mass is 32.3. The Kier molecular flexibility index (Phi) is 12.6. The molecule has 0 saturated carbocycles. The molecule has 6 N–H and O–H groups in total. The fraction of sp³-hybridized carbons (Fsp3) is 0.800. The first-order valence-electron chi connectivity index (χ1n) is 5.95. The molecule has 9 heteroatoms. The van der Waals surface area contributed by atoms with Gasteiger partial charge in [-0.15, -0.1) is 0 Å². The Morgan fingerprint density at radius 1 is 0.789 bits per heavy atom. The van der Waals surface area contributed by atoms with Gasteiger partial charge in [-0.1, -0.05) is 25.7 Å². The number of hydrogen-bond donors (Lipinski definition) is 4. The summed E-state index contributed by atoms with van der Waals surface area (Å²) in [5, 5.41) is 14.1. The molecule has 0 amide bonds. The molecule has 0 saturated heterocycles. The van der Waals surface area contributed by atoms with Crippen LogP contribution in [-0.4, -0.2) is 29.2 Å². The summed E-state index contributed by atoms with van der Waals surface area (Å²) in [7, 11) is -5.17. The highest BCUT2D eigenvalue weighted by Gasteiger charge is 1.94. The summed E-state index contributed by atoms with van der Waals surface area (Å²) in [5.41, 5.74) is 10.5. The van der Waals surface area contributed by atoms with E-state index in [-0.39, 0.29) is 0 Å². The van der Waals surface area contributed by atoms with Gasteiger partial charge < -0.3 is 20.6 Å². The Morgan fingerprint density at radius 3 is 1.21 bits per heavy atom. The van der Waals surface area contributed by atoms with Crippen molar-refractivity contribution in [2.75, 3.05) is 0 Å². The smallest absolute Gasteiger partial charge is 0.0905 e. The summed E-state index contributed by atoms with van der Waals surface area (Å²) < 4.78 is 34.1. The Balaban J connectivity index is 0. The van der Waals surface area contributed by atoms with E-state index in [2.05, 4.69) is 0 Å². The highest BCUT2D eigenvalue weighted by Crippen LogP contribution is 2.08. The van der Waals surface area contributed by atoms with Crippen LogP contribution in [0.25, 0.3) is 0 Å². The van der Waals surface area contributed by atoms with Crippen molar-refractivity contribution in [3.05, 3.63) is 0 Å². The number of rotatable bonds is 9. The molecule has 0 aliphatic carbocycles. The molecule has 8 nitrogen and oxygen atoms in total. The molecule has 0 aromatic heterocycles. The van der Waals surface area contributed by atoms with Gasteiger partial charge in [0.05, 0.1) is 11.7 Å². The zero-order chi connectivity index (χ0) is 15.3. The molecule has 114 valence electrons. The molecule has 0 aromatic carbocycles. The molecular weight excluding hydrogens is 272 g/mol. The van der Waals surface area contributed by atoms with Crippen LogP contribution in [0.1, 0.15) is 51.4 Å². The van der Waals surface area contributed by atoms with Gasteiger partial charge in [0.25, 0.3) is 0 Å². The van der Waals surface area contributed by atoms with E-state index < -0.39 is 10.4 Å². The third kappa shape index (κ3) is 38.3. The fourth-order valence-corrected chi connectivity index (χ4v) is 1.34. The van der Waals surface area contributed by atoms with E-state index >= 15 is 0 Å². The van der Waals surface area contributed by atoms with E-state index in [1.165, 1.54) is 12.8 Å². The Hall–Kier alpha value is -1.19. The molecule has 0 atom stereocenters. The summed E-state index contributed by atoms with van der Waals surface area (Å²) in [6.45, 7) is 0. The molecule has 0 aliphatic rings. The van der Waals surface area contributed by atoms with Gasteiger partial charge in [-0.25, -0.2) is 0 Å². The van der Waals surface area contributed by atoms with Crippen molar-refractivity contribution in [1.82, 2.24) is 0 Å². The summed E-state index contributed by atoms with van der Waals surface area (Å²) in [6.07, 6.45) is 8.22. The Morgan fingerprint density at radius 2 is 1.00 bits per heavy atom. The van der Waals surface area contributed by atoms with Crippen molar-refractivity contribution in [2.24, 2.45) is 11.5 Å². The molecule has 0 aliphatic heterocycles. The minimum Gasteiger partial charge on any atom is -0.759 e. The number of hydrogen-bond acceptors (Lipinski definition) is 6. The van der Waals surface area contributed by atoms with Gasteiger partial charge in [-0.3, -0.25) is 19.2 Å². The fourth-order valence-electron chi connectivity index (χ4n) is 1.34. The van der Waals surface area contributed by atoms with Crippen molar-refractivity contribution < 1.29 is 17.5 Å². The molecule has 19 heavy (non-hydrogen) atoms. The van der Waals surface area contributed by atoms with Crippen molar-refractivity contribution in [1.29, 1.82) is 10.8 Å². The summed E-state index contributed by atoms with van der Waals surface area (Å²) in [6, 6.07) is 0. The van der Waals surface area contributed by atoms with Crippen LogP contribution in [0.2, 0.25) is 0 Å². The average molecular weight is 294 g/mol. The lowest BCUT2D eigenvalue weighted by molar-refractivity contribution is 0.352. The normalized spacial score (nSPS) is 10.4. The van der Waals surface area contributed by atoms with Crippen LogP contribution < -0.4 is 11.5 Å². The third-order valence-corrected chi connectivity index (χ3v) is 2.14. The lowest BCUT2D eigenvalue weighted by Crippen LogP contribution is -2.08. The zero-order valence-electron chi connectivity index (χ0n) is 10.9. The van der Waals surface area contributed by atoms with Crippen molar-refractivity contribution in [3.63, 3.8) is 0 Å². The second kappa shape index (κ2) is 11.9. The molecule has 0 fully saturated rings. The first kappa shape index (κ1) is 20.1. The zero-order valence-corrected chi connectivity index (χ0v) is 11.7. The third-order valence-electron chi connectivity index (χ3n) is 2.14. The number of nitrogens with two attached hydrogens (primary N) is 2. The second-order valence-corrected chi connectivity index (χ2v) is 4.90. The molecule has 0 heterocycles. The number of unbranched alkanes of at least 4 members (excludes halogenated alkanes) is 5. The van der Waals surface area contributed by atoms with E-state index in [0.717, 1.165) is 38.5 Å². The van der Waals surface area contributed by atoms with Gasteiger partial charge in [-0.05, 0) is 12.8 Å². The van der Waals surface area contributed by atoms with E-state index in [4.69, 9.17) is 39.8 Å². The van der Waals surface area contributed by atoms with Crippen LogP contribution >= 0.6 is 0 Å². The topological polar surface area (TPSA) is 180 Å². The maximum absolute atomic E-state index is 8.52. The maximum atomic E-state index is 8.52. The van der Waals surface area contributed by atoms with E-state index in [0.29, 0.717) is 11.7 Å². The number of nitrogens with one attached hydrogen (secondary N) is 2. The van der Waals surface area contributed by atoms with Crippen molar-refractivity contribution in [2.45, 2.75) is 51.4 Å². The molecule has 0 bridgehead atoms. The predicted molar refractivity (Wildman–Crippen MR) is 71.2 cm³/mol. The van der Waals surface area contributed by atoms with Crippen LogP contribution in [0.4, 0.5) is 0 Å². The first-order chi connectivity index (χ1) is 8.63. The summed E-state index contributed by atoms with van der Waals surface area (Å²) >= 11 is 0. The Labute approximate surface area is 114 Å². The quantitative estimate of drug-likeness (QED) is 0.159. The maximum Gasteiger partial charge on any atom is 0.0905 e. The van der Waals surface area contributed by atoms with Crippen LogP contribution in [-0.2, 0) is 10.4 Å².